The van der Waals surface area contributed by atoms with Crippen LogP contribution in [-0.2, 0) is 15.8 Å². The fraction of sp³-hybridized carbons (Fsp3) is 0.259. The van der Waals surface area contributed by atoms with Crippen molar-refractivity contribution in [2.45, 2.75) is 18.6 Å². The minimum atomic E-state index is -4.40. The van der Waals surface area contributed by atoms with Crippen LogP contribution in [0.3, 0.4) is 0 Å². The summed E-state index contributed by atoms with van der Waals surface area (Å²) in [6.07, 6.45) is -4.32. The molecule has 2 aliphatic heterocycles. The fourth-order valence-electron chi connectivity index (χ4n) is 4.63. The quantitative estimate of drug-likeness (QED) is 0.469. The van der Waals surface area contributed by atoms with Gasteiger partial charge >= 0.3 is 6.18 Å². The number of anilines is 2. The van der Waals surface area contributed by atoms with Crippen LogP contribution in [0.4, 0.5) is 24.5 Å². The number of carbonyl (C=O) groups excluding carboxylic acids is 2. The maximum absolute atomic E-state index is 13.2. The van der Waals surface area contributed by atoms with E-state index in [4.69, 9.17) is 4.74 Å². The summed E-state index contributed by atoms with van der Waals surface area (Å²) in [6, 6.07) is 20.7. The average molecular weight is 496 g/mol. The van der Waals surface area contributed by atoms with E-state index < -0.39 is 17.8 Å². The molecule has 1 atom stereocenters. The lowest BCUT2D eigenvalue weighted by Crippen LogP contribution is -2.52. The Hall–Kier alpha value is -3.85. The highest BCUT2D eigenvalue weighted by Crippen LogP contribution is 2.33. The van der Waals surface area contributed by atoms with Crippen LogP contribution in [0.25, 0.3) is 0 Å². The first-order valence-corrected chi connectivity index (χ1v) is 11.7. The highest BCUT2D eigenvalue weighted by molar-refractivity contribution is 6.22. The molecule has 2 fully saturated rings. The van der Waals surface area contributed by atoms with Gasteiger partial charge in [-0.3, -0.25) is 14.5 Å². The largest absolute Gasteiger partial charge is 0.457 e. The number of para-hydroxylation sites is 1. The van der Waals surface area contributed by atoms with Crippen LogP contribution in [0, 0.1) is 0 Å². The number of benzene rings is 3. The summed E-state index contributed by atoms with van der Waals surface area (Å²) in [6.45, 7) is 1.87. The van der Waals surface area contributed by atoms with Crippen molar-refractivity contribution in [3.05, 3.63) is 84.4 Å². The highest BCUT2D eigenvalue weighted by atomic mass is 19.4. The van der Waals surface area contributed by atoms with Crippen molar-refractivity contribution in [1.29, 1.82) is 0 Å². The molecule has 0 aliphatic carbocycles. The summed E-state index contributed by atoms with van der Waals surface area (Å²) in [4.78, 5) is 31.0. The molecule has 0 bridgehead atoms. The number of halogens is 3. The SMILES string of the molecule is O=C1C[C@@H](N2CCN(c3cccc(C(F)(F)F)c3)CC2)C(=O)N1c1ccc(Oc2ccccc2)cc1. The van der Waals surface area contributed by atoms with Gasteiger partial charge in [0.1, 0.15) is 11.5 Å². The van der Waals surface area contributed by atoms with E-state index in [9.17, 15) is 22.8 Å². The number of rotatable bonds is 5. The van der Waals surface area contributed by atoms with Gasteiger partial charge in [-0.05, 0) is 54.6 Å². The van der Waals surface area contributed by atoms with Gasteiger partial charge in [0.15, 0.2) is 0 Å². The second-order valence-electron chi connectivity index (χ2n) is 8.77. The second kappa shape index (κ2) is 9.66. The number of nitrogens with zero attached hydrogens (tertiary/aromatic N) is 3. The van der Waals surface area contributed by atoms with Gasteiger partial charge in [0.25, 0.3) is 5.91 Å². The predicted octanol–water partition coefficient (Wildman–Crippen LogP) is 4.95. The number of hydrogen-bond donors (Lipinski definition) is 0. The summed E-state index contributed by atoms with van der Waals surface area (Å²) >= 11 is 0. The standard InChI is InChI=1S/C27H24F3N3O3/c28-27(29,30)19-5-4-6-21(17-19)31-13-15-32(16-14-31)24-18-25(34)33(26(24)35)20-9-11-23(12-10-20)36-22-7-2-1-3-8-22/h1-12,17,24H,13-16,18H2/t24-/m1/s1. The van der Waals surface area contributed by atoms with Crippen LogP contribution < -0.4 is 14.5 Å². The topological polar surface area (TPSA) is 53.1 Å². The molecule has 36 heavy (non-hydrogen) atoms. The third-order valence-corrected chi connectivity index (χ3v) is 6.49. The minimum Gasteiger partial charge on any atom is -0.457 e. The molecule has 0 saturated carbocycles. The minimum absolute atomic E-state index is 0.0741. The highest BCUT2D eigenvalue weighted by Gasteiger charge is 2.43. The zero-order valence-corrected chi connectivity index (χ0v) is 19.3. The summed E-state index contributed by atoms with van der Waals surface area (Å²) in [5.41, 5.74) is 0.295. The van der Waals surface area contributed by atoms with Gasteiger partial charge in [0.2, 0.25) is 5.91 Å². The van der Waals surface area contributed by atoms with E-state index in [1.54, 1.807) is 30.3 Å². The molecule has 0 spiro atoms. The molecular formula is C27H24F3N3O3. The first kappa shape index (κ1) is 23.9. The van der Waals surface area contributed by atoms with Crippen molar-refractivity contribution in [3.63, 3.8) is 0 Å². The molecule has 9 heteroatoms. The van der Waals surface area contributed by atoms with Crippen molar-refractivity contribution < 1.29 is 27.5 Å². The van der Waals surface area contributed by atoms with Gasteiger partial charge in [0.05, 0.1) is 23.7 Å². The molecule has 0 N–H and O–H groups in total. The van der Waals surface area contributed by atoms with E-state index in [-0.39, 0.29) is 18.2 Å². The van der Waals surface area contributed by atoms with Crippen LogP contribution >= 0.6 is 0 Å². The van der Waals surface area contributed by atoms with E-state index in [2.05, 4.69) is 0 Å². The monoisotopic (exact) mass is 495 g/mol. The second-order valence-corrected chi connectivity index (χ2v) is 8.77. The molecule has 5 rings (SSSR count). The number of hydrogen-bond acceptors (Lipinski definition) is 5. The Morgan fingerprint density at radius 2 is 1.42 bits per heavy atom. The first-order valence-electron chi connectivity index (χ1n) is 11.7. The van der Waals surface area contributed by atoms with Gasteiger partial charge in [-0.25, -0.2) is 4.90 Å². The maximum Gasteiger partial charge on any atom is 0.416 e. The summed E-state index contributed by atoms with van der Waals surface area (Å²) in [5, 5.41) is 0. The van der Waals surface area contributed by atoms with Crippen LogP contribution in [0.1, 0.15) is 12.0 Å². The van der Waals surface area contributed by atoms with Crippen LogP contribution in [0.5, 0.6) is 11.5 Å². The normalized spacial score (nSPS) is 19.1. The van der Waals surface area contributed by atoms with E-state index in [0.717, 1.165) is 12.1 Å². The zero-order chi connectivity index (χ0) is 25.3. The molecule has 186 valence electrons. The van der Waals surface area contributed by atoms with Gasteiger partial charge in [-0.1, -0.05) is 24.3 Å². The van der Waals surface area contributed by atoms with Crippen molar-refractivity contribution in [1.82, 2.24) is 4.90 Å². The molecule has 2 heterocycles. The van der Waals surface area contributed by atoms with Crippen LogP contribution in [0.15, 0.2) is 78.9 Å². The lowest BCUT2D eigenvalue weighted by molar-refractivity contribution is -0.137. The molecule has 0 radical (unpaired) electrons. The number of piperazine rings is 1. The van der Waals surface area contributed by atoms with Crippen molar-refractivity contribution >= 4 is 23.2 Å². The zero-order valence-electron chi connectivity index (χ0n) is 19.3. The molecule has 2 aliphatic rings. The Morgan fingerprint density at radius 1 is 0.750 bits per heavy atom. The Balaban J connectivity index is 1.22. The van der Waals surface area contributed by atoms with E-state index in [0.29, 0.717) is 49.1 Å². The van der Waals surface area contributed by atoms with Crippen LogP contribution in [0.2, 0.25) is 0 Å². The van der Waals surface area contributed by atoms with Gasteiger partial charge in [0, 0.05) is 31.9 Å². The van der Waals surface area contributed by atoms with Gasteiger partial charge in [-0.2, -0.15) is 13.2 Å². The van der Waals surface area contributed by atoms with Crippen molar-refractivity contribution in [2.75, 3.05) is 36.0 Å². The van der Waals surface area contributed by atoms with E-state index >= 15 is 0 Å². The molecule has 3 aromatic rings. The summed E-state index contributed by atoms with van der Waals surface area (Å²) in [5.74, 6) is 0.709. The van der Waals surface area contributed by atoms with E-state index in [1.807, 2.05) is 40.1 Å². The van der Waals surface area contributed by atoms with Crippen molar-refractivity contribution in [3.8, 4) is 11.5 Å². The summed E-state index contributed by atoms with van der Waals surface area (Å²) < 4.78 is 45.0. The average Bonchev–Trinajstić information content (AvgIpc) is 3.18. The van der Waals surface area contributed by atoms with Crippen molar-refractivity contribution in [2.24, 2.45) is 0 Å². The summed E-state index contributed by atoms with van der Waals surface area (Å²) in [7, 11) is 0. The third kappa shape index (κ3) is 4.92. The number of imide groups is 1. The molecule has 0 unspecified atom stereocenters. The first-order chi connectivity index (χ1) is 17.3. The predicted molar refractivity (Wildman–Crippen MR) is 129 cm³/mol. The Labute approximate surface area is 206 Å². The lowest BCUT2D eigenvalue weighted by Gasteiger charge is -2.38. The number of ether oxygens (including phenoxy) is 1. The Morgan fingerprint density at radius 3 is 2.08 bits per heavy atom. The third-order valence-electron chi connectivity index (χ3n) is 6.49. The molecule has 6 nitrogen and oxygen atoms in total. The molecule has 2 saturated heterocycles. The maximum atomic E-state index is 13.2. The fourth-order valence-corrected chi connectivity index (χ4v) is 4.63. The molecule has 3 aromatic carbocycles. The van der Waals surface area contributed by atoms with Gasteiger partial charge in [-0.15, -0.1) is 0 Å². The van der Waals surface area contributed by atoms with Crippen LogP contribution in [-0.4, -0.2) is 48.9 Å². The Kier molecular flexibility index (Phi) is 6.40. The Bertz CT molecular complexity index is 1240. The molecule has 0 aromatic heterocycles. The molecule has 2 amide bonds. The van der Waals surface area contributed by atoms with Gasteiger partial charge < -0.3 is 9.64 Å². The molecular weight excluding hydrogens is 471 g/mol. The van der Waals surface area contributed by atoms with E-state index in [1.165, 1.54) is 11.0 Å². The lowest BCUT2D eigenvalue weighted by atomic mass is 10.1. The smallest absolute Gasteiger partial charge is 0.416 e. The number of amides is 2. The number of carbonyl (C=O) groups is 2. The number of alkyl halides is 3.